The van der Waals surface area contributed by atoms with Crippen LogP contribution in [0.1, 0.15) is 15.9 Å². The largest absolute Gasteiger partial charge is 0.465 e. The number of thioether (sulfide) groups is 2. The van der Waals surface area contributed by atoms with E-state index in [-0.39, 0.29) is 5.97 Å². The zero-order chi connectivity index (χ0) is 12.1. The van der Waals surface area contributed by atoms with Crippen LogP contribution in [0.5, 0.6) is 0 Å². The molecule has 0 aliphatic heterocycles. The van der Waals surface area contributed by atoms with Crippen molar-refractivity contribution in [3.63, 3.8) is 0 Å². The Balaban J connectivity index is 3.30. The molecule has 16 heavy (non-hydrogen) atoms. The Labute approximate surface area is 109 Å². The SMILES string of the molecule is COC(=O)c1ccc(Cl)c(CSC)c1SC. The monoisotopic (exact) mass is 276 g/mol. The van der Waals surface area contributed by atoms with Crippen LogP contribution in [0.15, 0.2) is 17.0 Å². The van der Waals surface area contributed by atoms with Crippen molar-refractivity contribution in [2.75, 3.05) is 19.6 Å². The van der Waals surface area contributed by atoms with Crippen LogP contribution in [0.2, 0.25) is 5.02 Å². The quantitative estimate of drug-likeness (QED) is 0.619. The molecule has 0 N–H and O–H groups in total. The second-order valence-electron chi connectivity index (χ2n) is 3.03. The van der Waals surface area contributed by atoms with E-state index in [0.29, 0.717) is 10.6 Å². The van der Waals surface area contributed by atoms with Gasteiger partial charge in [0, 0.05) is 15.7 Å². The maximum Gasteiger partial charge on any atom is 0.339 e. The Morgan fingerprint density at radius 1 is 1.44 bits per heavy atom. The van der Waals surface area contributed by atoms with Crippen LogP contribution in [0.25, 0.3) is 0 Å². The maximum atomic E-state index is 11.6. The zero-order valence-corrected chi connectivity index (χ0v) is 11.8. The van der Waals surface area contributed by atoms with E-state index >= 15 is 0 Å². The highest BCUT2D eigenvalue weighted by Gasteiger charge is 2.16. The molecular weight excluding hydrogens is 264 g/mol. The van der Waals surface area contributed by atoms with Gasteiger partial charge in [-0.1, -0.05) is 11.6 Å². The first-order valence-electron chi connectivity index (χ1n) is 4.58. The first-order valence-corrected chi connectivity index (χ1v) is 7.58. The molecule has 0 aliphatic rings. The number of halogens is 1. The number of carbonyl (C=O) groups is 1. The van der Waals surface area contributed by atoms with Gasteiger partial charge in [-0.15, -0.1) is 11.8 Å². The Kier molecular flexibility index (Phi) is 5.52. The van der Waals surface area contributed by atoms with Gasteiger partial charge in [-0.05, 0) is 30.2 Å². The smallest absolute Gasteiger partial charge is 0.339 e. The highest BCUT2D eigenvalue weighted by Crippen LogP contribution is 2.33. The van der Waals surface area contributed by atoms with E-state index in [4.69, 9.17) is 16.3 Å². The van der Waals surface area contributed by atoms with Gasteiger partial charge in [-0.25, -0.2) is 4.79 Å². The fourth-order valence-corrected chi connectivity index (χ4v) is 3.23. The first kappa shape index (κ1) is 13.7. The molecule has 0 bridgehead atoms. The van der Waals surface area contributed by atoms with Gasteiger partial charge in [0.25, 0.3) is 0 Å². The molecule has 0 aromatic heterocycles. The van der Waals surface area contributed by atoms with E-state index in [2.05, 4.69) is 0 Å². The van der Waals surface area contributed by atoms with E-state index < -0.39 is 0 Å². The van der Waals surface area contributed by atoms with Crippen LogP contribution in [0, 0.1) is 0 Å². The predicted octanol–water partition coefficient (Wildman–Crippen LogP) is 3.71. The first-order chi connectivity index (χ1) is 7.65. The third-order valence-electron chi connectivity index (χ3n) is 2.10. The topological polar surface area (TPSA) is 26.3 Å². The van der Waals surface area contributed by atoms with Crippen LogP contribution < -0.4 is 0 Å². The van der Waals surface area contributed by atoms with Gasteiger partial charge in [0.1, 0.15) is 0 Å². The molecule has 0 atom stereocenters. The Bertz CT molecular complexity index is 394. The summed E-state index contributed by atoms with van der Waals surface area (Å²) in [5, 5.41) is 0.700. The molecule has 0 fully saturated rings. The molecule has 0 heterocycles. The van der Waals surface area contributed by atoms with Gasteiger partial charge >= 0.3 is 5.97 Å². The lowest BCUT2D eigenvalue weighted by molar-refractivity contribution is 0.0596. The van der Waals surface area contributed by atoms with Crippen LogP contribution in [0.3, 0.4) is 0 Å². The average Bonchev–Trinajstić information content (AvgIpc) is 2.30. The van der Waals surface area contributed by atoms with Crippen LogP contribution in [-0.2, 0) is 10.5 Å². The van der Waals surface area contributed by atoms with E-state index in [1.807, 2.05) is 12.5 Å². The van der Waals surface area contributed by atoms with Crippen molar-refractivity contribution >= 4 is 41.1 Å². The average molecular weight is 277 g/mol. The van der Waals surface area contributed by atoms with Crippen molar-refractivity contribution in [2.45, 2.75) is 10.6 Å². The molecule has 0 saturated carbocycles. The number of hydrogen-bond acceptors (Lipinski definition) is 4. The molecule has 88 valence electrons. The molecule has 1 rings (SSSR count). The number of methoxy groups -OCH3 is 1. The number of benzene rings is 1. The second kappa shape index (κ2) is 6.42. The van der Waals surface area contributed by atoms with Gasteiger partial charge in [0.15, 0.2) is 0 Å². The third kappa shape index (κ3) is 2.87. The summed E-state index contributed by atoms with van der Waals surface area (Å²) < 4.78 is 4.75. The van der Waals surface area contributed by atoms with Gasteiger partial charge in [0.05, 0.1) is 12.7 Å². The van der Waals surface area contributed by atoms with Crippen molar-refractivity contribution in [3.8, 4) is 0 Å². The van der Waals surface area contributed by atoms with E-state index in [1.54, 1.807) is 23.9 Å². The van der Waals surface area contributed by atoms with Crippen molar-refractivity contribution < 1.29 is 9.53 Å². The van der Waals surface area contributed by atoms with Gasteiger partial charge in [0.2, 0.25) is 0 Å². The summed E-state index contributed by atoms with van der Waals surface area (Å²) in [5.41, 5.74) is 1.59. The zero-order valence-electron chi connectivity index (χ0n) is 9.37. The third-order valence-corrected chi connectivity index (χ3v) is 3.91. The fraction of sp³-hybridized carbons (Fsp3) is 0.364. The predicted molar refractivity (Wildman–Crippen MR) is 71.8 cm³/mol. The molecule has 0 saturated heterocycles. The highest BCUT2D eigenvalue weighted by atomic mass is 35.5. The van der Waals surface area contributed by atoms with Gasteiger partial charge < -0.3 is 4.74 Å². The summed E-state index contributed by atoms with van der Waals surface area (Å²) >= 11 is 9.33. The Morgan fingerprint density at radius 2 is 2.12 bits per heavy atom. The molecule has 0 unspecified atom stereocenters. The number of carbonyl (C=O) groups excluding carboxylic acids is 1. The number of rotatable bonds is 4. The second-order valence-corrected chi connectivity index (χ2v) is 5.12. The van der Waals surface area contributed by atoms with Gasteiger partial charge in [-0.2, -0.15) is 11.8 Å². The lowest BCUT2D eigenvalue weighted by atomic mass is 10.1. The summed E-state index contributed by atoms with van der Waals surface area (Å²) in [4.78, 5) is 12.5. The summed E-state index contributed by atoms with van der Waals surface area (Å²) in [6.45, 7) is 0. The van der Waals surface area contributed by atoms with E-state index in [1.165, 1.54) is 18.9 Å². The maximum absolute atomic E-state index is 11.6. The van der Waals surface area contributed by atoms with Crippen molar-refractivity contribution in [1.29, 1.82) is 0 Å². The summed E-state index contributed by atoms with van der Waals surface area (Å²) in [6, 6.07) is 3.46. The Morgan fingerprint density at radius 3 is 2.62 bits per heavy atom. The normalized spacial score (nSPS) is 10.2. The molecule has 1 aromatic rings. The minimum Gasteiger partial charge on any atom is -0.465 e. The summed E-state index contributed by atoms with van der Waals surface area (Å²) in [6.07, 6.45) is 3.94. The van der Waals surface area contributed by atoms with Crippen LogP contribution in [-0.4, -0.2) is 25.6 Å². The minimum atomic E-state index is -0.316. The van der Waals surface area contributed by atoms with Crippen molar-refractivity contribution in [1.82, 2.24) is 0 Å². The van der Waals surface area contributed by atoms with Crippen molar-refractivity contribution in [2.24, 2.45) is 0 Å². The van der Waals surface area contributed by atoms with Crippen LogP contribution >= 0.6 is 35.1 Å². The number of hydrogen-bond donors (Lipinski definition) is 0. The molecule has 0 spiro atoms. The summed E-state index contributed by atoms with van der Waals surface area (Å²) in [5.74, 6) is 0.475. The lowest BCUT2D eigenvalue weighted by Gasteiger charge is -2.12. The molecule has 5 heteroatoms. The highest BCUT2D eigenvalue weighted by molar-refractivity contribution is 7.99. The number of esters is 1. The summed E-state index contributed by atoms with van der Waals surface area (Å²) in [7, 11) is 1.38. The van der Waals surface area contributed by atoms with E-state index in [0.717, 1.165) is 16.2 Å². The molecule has 0 amide bonds. The van der Waals surface area contributed by atoms with Crippen molar-refractivity contribution in [3.05, 3.63) is 28.3 Å². The van der Waals surface area contributed by atoms with Gasteiger partial charge in [-0.3, -0.25) is 0 Å². The van der Waals surface area contributed by atoms with Crippen LogP contribution in [0.4, 0.5) is 0 Å². The number of ether oxygens (including phenoxy) is 1. The fourth-order valence-electron chi connectivity index (χ4n) is 1.39. The molecule has 2 nitrogen and oxygen atoms in total. The molecular formula is C11H13ClO2S2. The van der Waals surface area contributed by atoms with E-state index in [9.17, 15) is 4.79 Å². The molecule has 1 aromatic carbocycles. The lowest BCUT2D eigenvalue weighted by Crippen LogP contribution is -2.05. The standard InChI is InChI=1S/C11H13ClO2S2/c1-14-11(13)7-4-5-9(12)8(6-15-2)10(7)16-3/h4-5H,6H2,1-3H3. The minimum absolute atomic E-state index is 0.316. The molecule has 0 aliphatic carbocycles. The molecule has 0 radical (unpaired) electrons. The Hall–Kier alpha value is -0.320.